The minimum atomic E-state index is -4.11. The number of benzene rings is 2. The first-order valence-electron chi connectivity index (χ1n) is 5.80. The molecule has 0 aliphatic carbocycles. The Hall–Kier alpha value is -1.70. The van der Waals surface area contributed by atoms with E-state index in [4.69, 9.17) is 17.3 Å². The molecule has 0 aromatic heterocycles. The van der Waals surface area contributed by atoms with E-state index >= 15 is 0 Å². The van der Waals surface area contributed by atoms with E-state index in [1.165, 1.54) is 12.1 Å². The van der Waals surface area contributed by atoms with Gasteiger partial charge < -0.3 is 5.73 Å². The smallest absolute Gasteiger partial charge is 0.263 e. The van der Waals surface area contributed by atoms with Gasteiger partial charge in [0, 0.05) is 12.6 Å². The normalized spacial score (nSPS) is 11.4. The van der Waals surface area contributed by atoms with Gasteiger partial charge in [0.1, 0.15) is 16.5 Å². The molecule has 2 aromatic rings. The van der Waals surface area contributed by atoms with Gasteiger partial charge in [-0.25, -0.2) is 17.2 Å². The van der Waals surface area contributed by atoms with Crippen LogP contribution in [0.5, 0.6) is 0 Å². The van der Waals surface area contributed by atoms with Crippen LogP contribution in [-0.2, 0) is 16.6 Å². The number of hydrogen-bond acceptors (Lipinski definition) is 3. The Bertz CT molecular complexity index is 782. The summed E-state index contributed by atoms with van der Waals surface area (Å²) < 4.78 is 52.8. The molecule has 2 rings (SSSR count). The molecule has 0 spiro atoms. The minimum absolute atomic E-state index is 0.0257. The van der Waals surface area contributed by atoms with E-state index < -0.39 is 21.7 Å². The zero-order chi connectivity index (χ0) is 15.6. The predicted molar refractivity (Wildman–Crippen MR) is 76.5 cm³/mol. The van der Waals surface area contributed by atoms with Crippen LogP contribution < -0.4 is 10.5 Å². The zero-order valence-electron chi connectivity index (χ0n) is 10.6. The Balaban J connectivity index is 2.43. The Kier molecular flexibility index (Phi) is 4.46. The third-order valence-corrected chi connectivity index (χ3v) is 4.54. The second kappa shape index (κ2) is 5.97. The molecule has 0 aliphatic rings. The maximum absolute atomic E-state index is 13.5. The molecule has 3 N–H and O–H groups in total. The average molecular weight is 333 g/mol. The van der Waals surface area contributed by atoms with Crippen molar-refractivity contribution in [2.24, 2.45) is 5.73 Å². The molecule has 2 aromatic carbocycles. The molecule has 112 valence electrons. The van der Waals surface area contributed by atoms with Crippen LogP contribution in [0.1, 0.15) is 5.56 Å². The van der Waals surface area contributed by atoms with Crippen LogP contribution in [0.15, 0.2) is 41.3 Å². The van der Waals surface area contributed by atoms with Crippen molar-refractivity contribution in [1.29, 1.82) is 0 Å². The van der Waals surface area contributed by atoms with Crippen molar-refractivity contribution in [2.75, 3.05) is 4.72 Å². The van der Waals surface area contributed by atoms with Crippen LogP contribution >= 0.6 is 11.6 Å². The Labute approximate surface area is 125 Å². The Morgan fingerprint density at radius 2 is 1.86 bits per heavy atom. The molecule has 0 bridgehead atoms. The molecule has 0 saturated carbocycles. The standard InChI is InChI=1S/C13H11ClF2N2O2S/c14-10-3-1-8(7-17)5-13(10)21(19,20)18-12-4-2-9(15)6-11(12)16/h1-6,18H,7,17H2. The van der Waals surface area contributed by atoms with Gasteiger partial charge in [-0.15, -0.1) is 0 Å². The lowest BCUT2D eigenvalue weighted by atomic mass is 10.2. The van der Waals surface area contributed by atoms with Crippen molar-refractivity contribution < 1.29 is 17.2 Å². The number of nitrogens with two attached hydrogens (primary N) is 1. The van der Waals surface area contributed by atoms with Crippen molar-refractivity contribution in [2.45, 2.75) is 11.4 Å². The van der Waals surface area contributed by atoms with E-state index in [0.29, 0.717) is 11.6 Å². The molecule has 0 heterocycles. The summed E-state index contributed by atoms with van der Waals surface area (Å²) in [7, 11) is -4.11. The lowest BCUT2D eigenvalue weighted by Gasteiger charge is -2.11. The lowest BCUT2D eigenvalue weighted by molar-refractivity contribution is 0.583. The minimum Gasteiger partial charge on any atom is -0.326 e. The van der Waals surface area contributed by atoms with Crippen molar-refractivity contribution in [3.05, 3.63) is 58.6 Å². The third kappa shape index (κ3) is 3.49. The van der Waals surface area contributed by atoms with Gasteiger partial charge in [0.2, 0.25) is 0 Å². The second-order valence-electron chi connectivity index (χ2n) is 4.20. The van der Waals surface area contributed by atoms with Gasteiger partial charge in [-0.1, -0.05) is 17.7 Å². The predicted octanol–water partition coefficient (Wildman–Crippen LogP) is 2.88. The fourth-order valence-electron chi connectivity index (χ4n) is 1.65. The molecular formula is C13H11ClF2N2O2S. The second-order valence-corrected chi connectivity index (χ2v) is 6.26. The molecular weight excluding hydrogens is 322 g/mol. The SMILES string of the molecule is NCc1ccc(Cl)c(S(=O)(=O)Nc2ccc(F)cc2F)c1. The largest absolute Gasteiger partial charge is 0.326 e. The fourth-order valence-corrected chi connectivity index (χ4v) is 3.27. The van der Waals surface area contributed by atoms with E-state index in [1.54, 1.807) is 6.07 Å². The first-order valence-corrected chi connectivity index (χ1v) is 7.66. The average Bonchev–Trinajstić information content (AvgIpc) is 2.42. The number of rotatable bonds is 4. The van der Waals surface area contributed by atoms with Gasteiger partial charge in [0.15, 0.2) is 0 Å². The lowest BCUT2D eigenvalue weighted by Crippen LogP contribution is -2.15. The Morgan fingerprint density at radius 1 is 1.14 bits per heavy atom. The van der Waals surface area contributed by atoms with Gasteiger partial charge in [-0.2, -0.15) is 0 Å². The zero-order valence-corrected chi connectivity index (χ0v) is 12.2. The molecule has 0 atom stereocenters. The van der Waals surface area contributed by atoms with Gasteiger partial charge in [0.25, 0.3) is 10.0 Å². The molecule has 0 radical (unpaired) electrons. The van der Waals surface area contributed by atoms with Crippen molar-refractivity contribution in [3.8, 4) is 0 Å². The highest BCUT2D eigenvalue weighted by Gasteiger charge is 2.20. The van der Waals surface area contributed by atoms with E-state index in [2.05, 4.69) is 0 Å². The summed E-state index contributed by atoms with van der Waals surface area (Å²) in [4.78, 5) is -0.226. The van der Waals surface area contributed by atoms with E-state index in [0.717, 1.165) is 12.1 Å². The maximum atomic E-state index is 13.5. The first-order chi connectivity index (χ1) is 9.83. The highest BCUT2D eigenvalue weighted by Crippen LogP contribution is 2.26. The van der Waals surface area contributed by atoms with Crippen LogP contribution in [0.3, 0.4) is 0 Å². The summed E-state index contributed by atoms with van der Waals surface area (Å²) in [5, 5.41) is -0.0257. The molecule has 21 heavy (non-hydrogen) atoms. The molecule has 0 amide bonds. The van der Waals surface area contributed by atoms with Crippen molar-refractivity contribution >= 4 is 27.3 Å². The summed E-state index contributed by atoms with van der Waals surface area (Å²) in [5.74, 6) is -1.83. The number of anilines is 1. The number of nitrogens with one attached hydrogen (secondary N) is 1. The number of hydrogen-bond donors (Lipinski definition) is 2. The maximum Gasteiger partial charge on any atom is 0.263 e. The van der Waals surface area contributed by atoms with Crippen molar-refractivity contribution in [1.82, 2.24) is 0 Å². The van der Waals surface area contributed by atoms with Crippen LogP contribution in [0, 0.1) is 11.6 Å². The third-order valence-electron chi connectivity index (χ3n) is 2.70. The fraction of sp³-hybridized carbons (Fsp3) is 0.0769. The quantitative estimate of drug-likeness (QED) is 0.904. The van der Waals surface area contributed by atoms with Crippen molar-refractivity contribution in [3.63, 3.8) is 0 Å². The van der Waals surface area contributed by atoms with Gasteiger partial charge in [-0.3, -0.25) is 4.72 Å². The first kappa shape index (κ1) is 15.7. The van der Waals surface area contributed by atoms with Crippen LogP contribution in [0.2, 0.25) is 5.02 Å². The summed E-state index contributed by atoms with van der Waals surface area (Å²) in [6.45, 7) is 0.130. The molecule has 8 heteroatoms. The highest BCUT2D eigenvalue weighted by atomic mass is 35.5. The molecule has 0 saturated heterocycles. The van der Waals surface area contributed by atoms with E-state index in [9.17, 15) is 17.2 Å². The van der Waals surface area contributed by atoms with Gasteiger partial charge in [-0.05, 0) is 29.8 Å². The van der Waals surface area contributed by atoms with Gasteiger partial charge >= 0.3 is 0 Å². The molecule has 0 unspecified atom stereocenters. The van der Waals surface area contributed by atoms with E-state index in [1.807, 2.05) is 4.72 Å². The summed E-state index contributed by atoms with van der Waals surface area (Å²) in [6, 6.07) is 6.78. The molecule has 4 nitrogen and oxygen atoms in total. The molecule has 0 aliphatic heterocycles. The van der Waals surface area contributed by atoms with Gasteiger partial charge in [0.05, 0.1) is 10.7 Å². The van der Waals surface area contributed by atoms with Crippen LogP contribution in [-0.4, -0.2) is 8.42 Å². The highest BCUT2D eigenvalue weighted by molar-refractivity contribution is 7.92. The summed E-state index contributed by atoms with van der Waals surface area (Å²) in [5.41, 5.74) is 5.63. The number of sulfonamides is 1. The topological polar surface area (TPSA) is 72.2 Å². The summed E-state index contributed by atoms with van der Waals surface area (Å²) in [6.07, 6.45) is 0. The Morgan fingerprint density at radius 3 is 2.48 bits per heavy atom. The molecule has 0 fully saturated rings. The van der Waals surface area contributed by atoms with Crippen LogP contribution in [0.25, 0.3) is 0 Å². The monoisotopic (exact) mass is 332 g/mol. The number of halogens is 3. The van der Waals surface area contributed by atoms with E-state index in [-0.39, 0.29) is 22.2 Å². The van der Waals surface area contributed by atoms with Crippen LogP contribution in [0.4, 0.5) is 14.5 Å². The summed E-state index contributed by atoms with van der Waals surface area (Å²) >= 11 is 5.86.